The van der Waals surface area contributed by atoms with E-state index in [1.165, 1.54) is 18.3 Å². The monoisotopic (exact) mass is 842 g/mol. The maximum absolute atomic E-state index is 13.6. The van der Waals surface area contributed by atoms with Crippen molar-refractivity contribution in [3.8, 4) is 28.8 Å². The van der Waals surface area contributed by atoms with Gasteiger partial charge in [0.2, 0.25) is 11.8 Å². The molecule has 6 heterocycles. The Kier molecular flexibility index (Phi) is 14.5. The summed E-state index contributed by atoms with van der Waals surface area (Å²) in [7, 11) is 3.74. The van der Waals surface area contributed by atoms with Gasteiger partial charge in [-0.05, 0) is 92.2 Å². The van der Waals surface area contributed by atoms with Crippen LogP contribution in [0.1, 0.15) is 76.9 Å². The second-order valence-corrected chi connectivity index (χ2v) is 17.7. The van der Waals surface area contributed by atoms with Gasteiger partial charge >= 0.3 is 0 Å². The Labute approximate surface area is 357 Å². The fraction of sp³-hybridized carbons (Fsp3) is 0.545. The Morgan fingerprint density at radius 3 is 1.66 bits per heavy atom. The molecule has 16 nitrogen and oxygen atoms in total. The average Bonchev–Trinajstić information content (AvgIpc) is 4.11. The SMILES string of the molecule is CN(CC(=O)NC(C)(C)C)c1nc(-c2cc(F)ccn2)nc2c1CCC2.CN(CC(=O)NC(C)(C)C)c1nc(-c2cc(OC[C@H]3CO3)ccn2)nc2c1CCC2.OC[C@H]1CO1. The lowest BCUT2D eigenvalue weighted by Crippen LogP contribution is -2.45. The van der Waals surface area contributed by atoms with Gasteiger partial charge in [-0.15, -0.1) is 0 Å². The van der Waals surface area contributed by atoms with E-state index in [0.717, 1.165) is 91.6 Å². The first-order chi connectivity index (χ1) is 28.9. The van der Waals surface area contributed by atoms with E-state index in [1.54, 1.807) is 6.20 Å². The quantitative estimate of drug-likeness (QED) is 0.173. The highest BCUT2D eigenvalue weighted by atomic mass is 19.1. The minimum Gasteiger partial charge on any atom is -0.491 e. The number of hydrogen-bond donors (Lipinski definition) is 3. The number of epoxide rings is 2. The van der Waals surface area contributed by atoms with E-state index in [0.29, 0.717) is 29.6 Å². The summed E-state index contributed by atoms with van der Waals surface area (Å²) >= 11 is 0. The van der Waals surface area contributed by atoms with Crippen molar-refractivity contribution in [2.24, 2.45) is 0 Å². The lowest BCUT2D eigenvalue weighted by molar-refractivity contribution is -0.122. The number of hydrogen-bond acceptors (Lipinski definition) is 14. The van der Waals surface area contributed by atoms with Crippen molar-refractivity contribution in [1.29, 1.82) is 0 Å². The molecule has 2 aliphatic carbocycles. The van der Waals surface area contributed by atoms with Gasteiger partial charge in [-0.3, -0.25) is 19.6 Å². The van der Waals surface area contributed by atoms with Crippen LogP contribution in [0.25, 0.3) is 23.0 Å². The third kappa shape index (κ3) is 13.6. The molecule has 0 radical (unpaired) electrons. The van der Waals surface area contributed by atoms with Crippen LogP contribution in [-0.4, -0.2) is 124 Å². The molecule has 2 aliphatic heterocycles. The first-order valence-corrected chi connectivity index (χ1v) is 20.8. The molecule has 2 fully saturated rings. The number of pyridine rings is 2. The summed E-state index contributed by atoms with van der Waals surface area (Å²) in [4.78, 5) is 55.9. The summed E-state index contributed by atoms with van der Waals surface area (Å²) in [5, 5.41) is 14.0. The van der Waals surface area contributed by atoms with Crippen LogP contribution in [0.4, 0.5) is 16.0 Å². The zero-order chi connectivity index (χ0) is 43.9. The molecule has 2 atom stereocenters. The number of rotatable bonds is 12. The number of nitrogens with one attached hydrogen (secondary N) is 2. The van der Waals surface area contributed by atoms with Crippen molar-refractivity contribution in [1.82, 2.24) is 40.5 Å². The maximum Gasteiger partial charge on any atom is 0.239 e. The molecular weight excluding hydrogens is 784 g/mol. The molecule has 3 N–H and O–H groups in total. The first-order valence-electron chi connectivity index (χ1n) is 20.8. The van der Waals surface area contributed by atoms with Crippen molar-refractivity contribution >= 4 is 23.5 Å². The maximum atomic E-state index is 13.6. The normalized spacial score (nSPS) is 17.1. The fourth-order valence-electron chi connectivity index (χ4n) is 6.86. The summed E-state index contributed by atoms with van der Waals surface area (Å²) in [6.07, 6.45) is 9.11. The number of likely N-dealkylation sites (N-methyl/N-ethyl adjacent to an activating group) is 2. The number of halogens is 1. The number of carbonyl (C=O) groups is 2. The Morgan fingerprint density at radius 1 is 0.754 bits per heavy atom. The van der Waals surface area contributed by atoms with Gasteiger partial charge in [-0.25, -0.2) is 24.3 Å². The van der Waals surface area contributed by atoms with Crippen molar-refractivity contribution < 1.29 is 33.3 Å². The fourth-order valence-corrected chi connectivity index (χ4v) is 6.86. The van der Waals surface area contributed by atoms with E-state index in [9.17, 15) is 14.0 Å². The van der Waals surface area contributed by atoms with Gasteiger partial charge < -0.3 is 39.8 Å². The summed E-state index contributed by atoms with van der Waals surface area (Å²) < 4.78 is 29.1. The van der Waals surface area contributed by atoms with E-state index in [1.807, 2.05) is 77.6 Å². The van der Waals surface area contributed by atoms with Crippen molar-refractivity contribution in [2.45, 2.75) is 103 Å². The molecule has 2 amide bonds. The van der Waals surface area contributed by atoms with E-state index in [4.69, 9.17) is 24.5 Å². The van der Waals surface area contributed by atoms with Gasteiger partial charge in [-0.1, -0.05) is 0 Å². The third-order valence-corrected chi connectivity index (χ3v) is 9.69. The Morgan fingerprint density at radius 2 is 1.23 bits per heavy atom. The standard InChI is InChI=1S/C22H29N5O3.C19H24FN5O.C3H6O2/c1-22(2,3)26-19(28)11-27(4)21-16-6-5-7-17(16)24-20(25-21)18-10-14(8-9-23-18)29-12-15-13-30-15;1-19(2,3)24-16(26)11-25(4)18-13-6-5-7-14(13)22-17(23-18)15-10-12(20)8-9-21-15;4-1-3-2-5-3/h8-10,15H,5-7,11-13H2,1-4H3,(H,26,28);8-10H,5-7,11H2,1-4H3,(H,24,26);3-4H,1-2H2/t15-;;3-/m0.0/s1. The number of fused-ring (bicyclic) bond motifs is 2. The molecule has 17 heteroatoms. The molecule has 0 aromatic carbocycles. The molecule has 4 aliphatic rings. The summed E-state index contributed by atoms with van der Waals surface area (Å²) in [5.74, 6) is 2.71. The lowest BCUT2D eigenvalue weighted by Gasteiger charge is -2.25. The van der Waals surface area contributed by atoms with E-state index in [2.05, 4.69) is 35.3 Å². The molecule has 4 aromatic heterocycles. The van der Waals surface area contributed by atoms with Crippen LogP contribution in [0.15, 0.2) is 36.7 Å². The predicted octanol–water partition coefficient (Wildman–Crippen LogP) is 4.05. The van der Waals surface area contributed by atoms with Crippen LogP contribution in [0.5, 0.6) is 5.75 Å². The molecule has 2 saturated heterocycles. The Hall–Kier alpha value is -5.39. The summed E-state index contributed by atoms with van der Waals surface area (Å²) in [6, 6.07) is 6.30. The highest BCUT2D eigenvalue weighted by Crippen LogP contribution is 2.32. The summed E-state index contributed by atoms with van der Waals surface area (Å²) in [6.45, 7) is 14.4. The van der Waals surface area contributed by atoms with Crippen molar-refractivity contribution in [2.75, 3.05) is 63.4 Å². The van der Waals surface area contributed by atoms with Gasteiger partial charge in [0.25, 0.3) is 0 Å². The van der Waals surface area contributed by atoms with Crippen LogP contribution in [-0.2, 0) is 44.7 Å². The van der Waals surface area contributed by atoms with Crippen LogP contribution in [0, 0.1) is 5.82 Å². The molecule has 328 valence electrons. The summed E-state index contributed by atoms with van der Waals surface area (Å²) in [5.41, 5.74) is 4.69. The zero-order valence-electron chi connectivity index (χ0n) is 36.5. The van der Waals surface area contributed by atoms with Gasteiger partial charge in [0.1, 0.15) is 53.4 Å². The smallest absolute Gasteiger partial charge is 0.239 e. The van der Waals surface area contributed by atoms with Gasteiger partial charge in [0, 0.05) is 72.2 Å². The topological polar surface area (TPSA) is 197 Å². The van der Waals surface area contributed by atoms with Crippen LogP contribution < -0.4 is 25.2 Å². The number of nitrogens with zero attached hydrogens (tertiary/aromatic N) is 8. The second-order valence-electron chi connectivity index (χ2n) is 17.7. The largest absolute Gasteiger partial charge is 0.491 e. The van der Waals surface area contributed by atoms with Gasteiger partial charge in [-0.2, -0.15) is 0 Å². The second kappa shape index (κ2) is 19.5. The predicted molar refractivity (Wildman–Crippen MR) is 229 cm³/mol. The number of aliphatic hydroxyl groups is 1. The van der Waals surface area contributed by atoms with Gasteiger partial charge in [0.15, 0.2) is 11.6 Å². The van der Waals surface area contributed by atoms with Crippen LogP contribution >= 0.6 is 0 Å². The Balaban J connectivity index is 0.000000184. The van der Waals surface area contributed by atoms with Gasteiger partial charge in [0.05, 0.1) is 32.9 Å². The van der Waals surface area contributed by atoms with E-state index >= 15 is 0 Å². The lowest BCUT2D eigenvalue weighted by atomic mass is 10.1. The molecule has 0 bridgehead atoms. The molecule has 4 aromatic rings. The molecule has 0 unspecified atom stereocenters. The molecule has 8 rings (SSSR count). The third-order valence-electron chi connectivity index (χ3n) is 9.69. The molecule has 0 spiro atoms. The minimum absolute atomic E-state index is 0.0345. The average molecular weight is 843 g/mol. The highest BCUT2D eigenvalue weighted by molar-refractivity contribution is 5.82. The highest BCUT2D eigenvalue weighted by Gasteiger charge is 2.27. The molecule has 61 heavy (non-hydrogen) atoms. The minimum atomic E-state index is -0.376. The number of aryl methyl sites for hydroxylation is 2. The number of ether oxygens (including phenoxy) is 3. The Bertz CT molecular complexity index is 2170. The number of aromatic nitrogens is 6. The number of anilines is 2. The van der Waals surface area contributed by atoms with Crippen molar-refractivity contribution in [3.63, 3.8) is 0 Å². The van der Waals surface area contributed by atoms with Crippen LogP contribution in [0.2, 0.25) is 0 Å². The van der Waals surface area contributed by atoms with Crippen LogP contribution in [0.3, 0.4) is 0 Å². The first kappa shape index (κ1) is 45.1. The number of carbonyl (C=O) groups excluding carboxylic acids is 2. The molecule has 0 saturated carbocycles. The number of amides is 2. The molecular formula is C44H59FN10O6. The van der Waals surface area contributed by atoms with Crippen molar-refractivity contribution in [3.05, 3.63) is 65.0 Å². The van der Waals surface area contributed by atoms with E-state index in [-0.39, 0.29) is 60.6 Å². The zero-order valence-corrected chi connectivity index (χ0v) is 36.5. The number of aliphatic hydroxyl groups excluding tert-OH is 1. The van der Waals surface area contributed by atoms with E-state index < -0.39 is 0 Å².